The van der Waals surface area contributed by atoms with Gasteiger partial charge in [0.05, 0.1) is 0 Å². The molecule has 1 aromatic rings. The number of aryl methyl sites for hydroxylation is 2. The van der Waals surface area contributed by atoms with Gasteiger partial charge in [-0.3, -0.25) is 5.43 Å². The minimum atomic E-state index is -0.463. The van der Waals surface area contributed by atoms with Gasteiger partial charge in [-0.2, -0.15) is 0 Å². The van der Waals surface area contributed by atoms with Gasteiger partial charge in [0.15, 0.2) is 0 Å². The molecule has 4 nitrogen and oxygen atoms in total. The van der Waals surface area contributed by atoms with Crippen LogP contribution in [0, 0.1) is 19.7 Å². The lowest BCUT2D eigenvalue weighted by molar-refractivity contribution is 0.241. The maximum Gasteiger partial charge on any atom is 0.329 e. The van der Waals surface area contributed by atoms with E-state index < -0.39 is 6.03 Å². The highest BCUT2D eigenvalue weighted by atomic mass is 19.1. The van der Waals surface area contributed by atoms with Crippen molar-refractivity contribution < 1.29 is 9.18 Å². The summed E-state index contributed by atoms with van der Waals surface area (Å²) in [7, 11) is 0. The Hall–Kier alpha value is -1.62. The van der Waals surface area contributed by atoms with Crippen LogP contribution in [0.2, 0.25) is 0 Å². The van der Waals surface area contributed by atoms with Gasteiger partial charge < -0.3 is 5.32 Å². The number of rotatable bonds is 2. The van der Waals surface area contributed by atoms with Crippen molar-refractivity contribution >= 4 is 6.03 Å². The summed E-state index contributed by atoms with van der Waals surface area (Å²) in [6.07, 6.45) is 0. The van der Waals surface area contributed by atoms with E-state index in [1.807, 2.05) is 5.43 Å². The second kappa shape index (κ2) is 4.75. The maximum atomic E-state index is 13.3. The molecule has 2 amide bonds. The molecule has 0 aliphatic rings. The largest absolute Gasteiger partial charge is 0.333 e. The normalized spacial score (nSPS) is 9.87. The summed E-state index contributed by atoms with van der Waals surface area (Å²) in [5, 5.41) is 2.53. The zero-order chi connectivity index (χ0) is 11.4. The van der Waals surface area contributed by atoms with E-state index in [1.54, 1.807) is 26.0 Å². The first kappa shape index (κ1) is 11.5. The summed E-state index contributed by atoms with van der Waals surface area (Å²) < 4.78 is 13.3. The second-order valence-corrected chi connectivity index (χ2v) is 3.37. The smallest absolute Gasteiger partial charge is 0.329 e. The molecule has 15 heavy (non-hydrogen) atoms. The third-order valence-corrected chi connectivity index (χ3v) is 2.08. The number of hydrogen-bond donors (Lipinski definition) is 3. The maximum absolute atomic E-state index is 13.3. The standard InChI is InChI=1S/C10H14FN3O/c1-6-3-8(4-7(2)9(6)11)5-13-10(15)14-12/h3-4H,5,12H2,1-2H3,(H2,13,14,15). The fourth-order valence-corrected chi connectivity index (χ4v) is 1.37. The number of nitrogens with one attached hydrogen (secondary N) is 2. The molecule has 0 fully saturated rings. The van der Waals surface area contributed by atoms with Crippen molar-refractivity contribution in [2.75, 3.05) is 0 Å². The molecule has 1 rings (SSSR count). The summed E-state index contributed by atoms with van der Waals surface area (Å²) in [6.45, 7) is 3.70. The van der Waals surface area contributed by atoms with E-state index in [0.717, 1.165) is 5.56 Å². The number of amides is 2. The topological polar surface area (TPSA) is 67.2 Å². The van der Waals surface area contributed by atoms with Crippen LogP contribution in [0.1, 0.15) is 16.7 Å². The Morgan fingerprint density at radius 1 is 1.40 bits per heavy atom. The van der Waals surface area contributed by atoms with Crippen LogP contribution in [0.5, 0.6) is 0 Å². The van der Waals surface area contributed by atoms with Gasteiger partial charge in [-0.05, 0) is 30.5 Å². The SMILES string of the molecule is Cc1cc(CNC(=O)NN)cc(C)c1F. The van der Waals surface area contributed by atoms with E-state index in [1.165, 1.54) is 0 Å². The first-order chi connectivity index (χ1) is 7.04. The summed E-state index contributed by atoms with van der Waals surface area (Å²) >= 11 is 0. The summed E-state index contributed by atoms with van der Waals surface area (Å²) in [5.74, 6) is 4.69. The lowest BCUT2D eigenvalue weighted by Crippen LogP contribution is -2.39. The Labute approximate surface area is 87.6 Å². The zero-order valence-corrected chi connectivity index (χ0v) is 8.73. The van der Waals surface area contributed by atoms with Crippen LogP contribution in [0.4, 0.5) is 9.18 Å². The first-order valence-corrected chi connectivity index (χ1v) is 4.54. The predicted molar refractivity (Wildman–Crippen MR) is 55.4 cm³/mol. The third kappa shape index (κ3) is 2.92. The molecule has 0 spiro atoms. The number of nitrogens with two attached hydrogens (primary N) is 1. The van der Waals surface area contributed by atoms with Gasteiger partial charge in [0.2, 0.25) is 0 Å². The lowest BCUT2D eigenvalue weighted by atomic mass is 10.1. The van der Waals surface area contributed by atoms with Crippen LogP contribution in [0.25, 0.3) is 0 Å². The van der Waals surface area contributed by atoms with E-state index in [0.29, 0.717) is 17.7 Å². The number of carbonyl (C=O) groups is 1. The second-order valence-electron chi connectivity index (χ2n) is 3.37. The predicted octanol–water partition coefficient (Wildman–Crippen LogP) is 1.12. The van der Waals surface area contributed by atoms with Crippen molar-refractivity contribution in [2.45, 2.75) is 20.4 Å². The number of halogens is 1. The molecule has 0 aliphatic heterocycles. The molecule has 0 aromatic heterocycles. The van der Waals surface area contributed by atoms with Crippen LogP contribution in [0.15, 0.2) is 12.1 Å². The molecule has 0 atom stereocenters. The number of carbonyl (C=O) groups excluding carboxylic acids is 1. The fourth-order valence-electron chi connectivity index (χ4n) is 1.37. The molecule has 1 aromatic carbocycles. The third-order valence-electron chi connectivity index (χ3n) is 2.08. The van der Waals surface area contributed by atoms with Gasteiger partial charge in [-0.1, -0.05) is 12.1 Å². The highest BCUT2D eigenvalue weighted by molar-refractivity contribution is 5.73. The Bertz CT molecular complexity index is 356. The van der Waals surface area contributed by atoms with E-state index in [9.17, 15) is 9.18 Å². The molecule has 4 N–H and O–H groups in total. The summed E-state index contributed by atoms with van der Waals surface area (Å²) in [5.41, 5.74) is 3.93. The summed E-state index contributed by atoms with van der Waals surface area (Å²) in [6, 6.07) is 2.92. The first-order valence-electron chi connectivity index (χ1n) is 4.54. The van der Waals surface area contributed by atoms with Crippen LogP contribution in [0.3, 0.4) is 0 Å². The summed E-state index contributed by atoms with van der Waals surface area (Å²) in [4.78, 5) is 10.8. The van der Waals surface area contributed by atoms with Crippen molar-refractivity contribution in [3.63, 3.8) is 0 Å². The Kier molecular flexibility index (Phi) is 3.62. The Morgan fingerprint density at radius 3 is 2.40 bits per heavy atom. The average molecular weight is 211 g/mol. The van der Waals surface area contributed by atoms with E-state index in [2.05, 4.69) is 5.32 Å². The average Bonchev–Trinajstić information content (AvgIpc) is 2.22. The van der Waals surface area contributed by atoms with Gasteiger partial charge in [0, 0.05) is 6.54 Å². The number of hydrazine groups is 1. The highest BCUT2D eigenvalue weighted by Crippen LogP contribution is 2.14. The minimum absolute atomic E-state index is 0.206. The zero-order valence-electron chi connectivity index (χ0n) is 8.73. The number of benzene rings is 1. The molecule has 5 heteroatoms. The minimum Gasteiger partial charge on any atom is -0.333 e. The molecule has 0 unspecified atom stereocenters. The monoisotopic (exact) mass is 211 g/mol. The van der Waals surface area contributed by atoms with Crippen molar-refractivity contribution in [3.8, 4) is 0 Å². The van der Waals surface area contributed by atoms with E-state index in [-0.39, 0.29) is 5.82 Å². The molecular weight excluding hydrogens is 197 g/mol. The quantitative estimate of drug-likeness (QED) is 0.390. The van der Waals surface area contributed by atoms with Gasteiger partial charge >= 0.3 is 6.03 Å². The Morgan fingerprint density at radius 2 is 1.93 bits per heavy atom. The van der Waals surface area contributed by atoms with Gasteiger partial charge in [-0.15, -0.1) is 0 Å². The molecule has 0 bridgehead atoms. The van der Waals surface area contributed by atoms with Crippen LogP contribution < -0.4 is 16.6 Å². The van der Waals surface area contributed by atoms with Crippen molar-refractivity contribution in [3.05, 3.63) is 34.6 Å². The van der Waals surface area contributed by atoms with Crippen molar-refractivity contribution in [1.29, 1.82) is 0 Å². The van der Waals surface area contributed by atoms with Crippen LogP contribution >= 0.6 is 0 Å². The van der Waals surface area contributed by atoms with E-state index >= 15 is 0 Å². The molecule has 0 radical (unpaired) electrons. The highest BCUT2D eigenvalue weighted by Gasteiger charge is 2.04. The number of urea groups is 1. The lowest BCUT2D eigenvalue weighted by Gasteiger charge is -2.07. The molecule has 82 valence electrons. The van der Waals surface area contributed by atoms with Crippen molar-refractivity contribution in [2.24, 2.45) is 5.84 Å². The van der Waals surface area contributed by atoms with Crippen molar-refractivity contribution in [1.82, 2.24) is 10.7 Å². The molecular formula is C10H14FN3O. The van der Waals surface area contributed by atoms with Gasteiger partial charge in [-0.25, -0.2) is 15.0 Å². The van der Waals surface area contributed by atoms with Gasteiger partial charge in [0.25, 0.3) is 0 Å². The van der Waals surface area contributed by atoms with Crippen LogP contribution in [-0.4, -0.2) is 6.03 Å². The molecule has 0 aliphatic carbocycles. The molecule has 0 saturated carbocycles. The Balaban J connectivity index is 2.75. The fraction of sp³-hybridized carbons (Fsp3) is 0.300. The van der Waals surface area contributed by atoms with Gasteiger partial charge in [0.1, 0.15) is 5.82 Å². The number of hydrogen-bond acceptors (Lipinski definition) is 2. The van der Waals surface area contributed by atoms with Crippen LogP contribution in [-0.2, 0) is 6.54 Å². The van der Waals surface area contributed by atoms with E-state index in [4.69, 9.17) is 5.84 Å². The molecule has 0 heterocycles. The molecule has 0 saturated heterocycles.